The lowest BCUT2D eigenvalue weighted by atomic mass is 9.93. The smallest absolute Gasteiger partial charge is 0.225 e. The summed E-state index contributed by atoms with van der Waals surface area (Å²) in [6, 6.07) is 1.76. The van der Waals surface area contributed by atoms with Gasteiger partial charge in [-0.2, -0.15) is 0 Å². The molecular formula is C10H13Cl2N3. The Balaban J connectivity index is 2.24. The van der Waals surface area contributed by atoms with Gasteiger partial charge in [0, 0.05) is 19.2 Å². The minimum absolute atomic E-state index is 0.210. The fourth-order valence-electron chi connectivity index (χ4n) is 1.85. The maximum atomic E-state index is 5.84. The van der Waals surface area contributed by atoms with E-state index < -0.39 is 0 Å². The molecule has 0 radical (unpaired) electrons. The van der Waals surface area contributed by atoms with E-state index in [1.807, 2.05) is 0 Å². The Hall–Kier alpha value is -0.540. The molecule has 5 heteroatoms. The van der Waals surface area contributed by atoms with Crippen LogP contribution in [0, 0.1) is 5.41 Å². The maximum Gasteiger partial charge on any atom is 0.225 e. The van der Waals surface area contributed by atoms with Crippen molar-refractivity contribution in [3.05, 3.63) is 16.5 Å². The van der Waals surface area contributed by atoms with Gasteiger partial charge in [0.2, 0.25) is 5.28 Å². The molecule has 0 saturated carbocycles. The molecule has 0 unspecified atom stereocenters. The van der Waals surface area contributed by atoms with E-state index in [2.05, 4.69) is 28.7 Å². The zero-order valence-corrected chi connectivity index (χ0v) is 10.3. The first-order valence-electron chi connectivity index (χ1n) is 4.91. The van der Waals surface area contributed by atoms with Gasteiger partial charge in [-0.1, -0.05) is 25.4 Å². The Bertz CT molecular complexity index is 359. The van der Waals surface area contributed by atoms with Crippen molar-refractivity contribution in [3.8, 4) is 0 Å². The summed E-state index contributed by atoms with van der Waals surface area (Å²) in [4.78, 5) is 10.2. The van der Waals surface area contributed by atoms with E-state index in [-0.39, 0.29) is 5.28 Å². The van der Waals surface area contributed by atoms with Crippen LogP contribution in [0.1, 0.15) is 20.3 Å². The molecule has 3 nitrogen and oxygen atoms in total. The van der Waals surface area contributed by atoms with Gasteiger partial charge in [-0.15, -0.1) is 0 Å². The Kier molecular flexibility index (Phi) is 2.77. The van der Waals surface area contributed by atoms with Gasteiger partial charge in [-0.25, -0.2) is 9.97 Å². The molecule has 0 amide bonds. The summed E-state index contributed by atoms with van der Waals surface area (Å²) >= 11 is 11.6. The molecule has 1 saturated heterocycles. The van der Waals surface area contributed by atoms with E-state index in [0.717, 1.165) is 25.3 Å². The Labute approximate surface area is 99.4 Å². The van der Waals surface area contributed by atoms with Gasteiger partial charge in [0.1, 0.15) is 11.0 Å². The third-order valence-corrected chi connectivity index (χ3v) is 3.02. The van der Waals surface area contributed by atoms with E-state index in [0.29, 0.717) is 10.6 Å². The Morgan fingerprint density at radius 3 is 2.60 bits per heavy atom. The van der Waals surface area contributed by atoms with Crippen LogP contribution in [0.5, 0.6) is 0 Å². The van der Waals surface area contributed by atoms with Crippen LogP contribution in [0.3, 0.4) is 0 Å². The Morgan fingerprint density at radius 2 is 2.07 bits per heavy atom. The molecule has 0 aromatic carbocycles. The normalized spacial score (nSPS) is 19.6. The molecule has 82 valence electrons. The second-order valence-electron chi connectivity index (χ2n) is 4.65. The molecule has 1 aliphatic rings. The average Bonchev–Trinajstić information content (AvgIpc) is 2.44. The summed E-state index contributed by atoms with van der Waals surface area (Å²) in [7, 11) is 0. The second-order valence-corrected chi connectivity index (χ2v) is 5.38. The van der Waals surface area contributed by atoms with E-state index >= 15 is 0 Å². The van der Waals surface area contributed by atoms with Crippen LogP contribution >= 0.6 is 23.2 Å². The third-order valence-electron chi connectivity index (χ3n) is 2.66. The predicted octanol–water partition coefficient (Wildman–Crippen LogP) is 3.02. The maximum absolute atomic E-state index is 5.84. The van der Waals surface area contributed by atoms with Gasteiger partial charge in [0.15, 0.2) is 0 Å². The number of rotatable bonds is 1. The highest BCUT2D eigenvalue weighted by Gasteiger charge is 2.30. The summed E-state index contributed by atoms with van der Waals surface area (Å²) in [5.41, 5.74) is 0.337. The van der Waals surface area contributed by atoms with E-state index in [1.165, 1.54) is 0 Å². The third kappa shape index (κ3) is 2.52. The molecule has 0 bridgehead atoms. The number of hydrogen-bond acceptors (Lipinski definition) is 3. The highest BCUT2D eigenvalue weighted by Crippen LogP contribution is 2.32. The molecular weight excluding hydrogens is 233 g/mol. The van der Waals surface area contributed by atoms with Crippen molar-refractivity contribution in [2.75, 3.05) is 18.0 Å². The topological polar surface area (TPSA) is 29.0 Å². The van der Waals surface area contributed by atoms with Crippen LogP contribution in [-0.2, 0) is 0 Å². The van der Waals surface area contributed by atoms with Gasteiger partial charge in [0.05, 0.1) is 0 Å². The van der Waals surface area contributed by atoms with Crippen LogP contribution in [-0.4, -0.2) is 23.1 Å². The molecule has 1 aromatic rings. The minimum Gasteiger partial charge on any atom is -0.356 e. The molecule has 1 fully saturated rings. The summed E-state index contributed by atoms with van der Waals surface area (Å²) in [5, 5.41) is 0.608. The van der Waals surface area contributed by atoms with Gasteiger partial charge < -0.3 is 4.90 Å². The van der Waals surface area contributed by atoms with Crippen LogP contribution in [0.15, 0.2) is 6.07 Å². The van der Waals surface area contributed by atoms with Crippen molar-refractivity contribution in [2.45, 2.75) is 20.3 Å². The largest absolute Gasteiger partial charge is 0.356 e. The predicted molar refractivity (Wildman–Crippen MR) is 62.7 cm³/mol. The molecule has 0 atom stereocenters. The fraction of sp³-hybridized carbons (Fsp3) is 0.600. The molecule has 2 rings (SSSR count). The lowest BCUT2D eigenvalue weighted by Crippen LogP contribution is -2.23. The van der Waals surface area contributed by atoms with Crippen molar-refractivity contribution in [1.82, 2.24) is 9.97 Å². The average molecular weight is 246 g/mol. The molecule has 0 spiro atoms. The number of anilines is 1. The zero-order valence-electron chi connectivity index (χ0n) is 8.80. The van der Waals surface area contributed by atoms with Crippen molar-refractivity contribution in [1.29, 1.82) is 0 Å². The highest BCUT2D eigenvalue weighted by molar-refractivity contribution is 6.32. The quantitative estimate of drug-likeness (QED) is 0.563. The van der Waals surface area contributed by atoms with Gasteiger partial charge in [0.25, 0.3) is 0 Å². The summed E-state index contributed by atoms with van der Waals surface area (Å²) in [6.45, 7) is 6.47. The van der Waals surface area contributed by atoms with Crippen molar-refractivity contribution in [2.24, 2.45) is 5.41 Å². The standard InChI is InChI=1S/C10H13Cl2N3/c1-10(2)3-4-15(6-10)8-5-7(11)13-9(12)14-8/h5H,3-4,6H2,1-2H3. The van der Waals surface area contributed by atoms with Gasteiger partial charge >= 0.3 is 0 Å². The Morgan fingerprint density at radius 1 is 1.33 bits per heavy atom. The first-order chi connectivity index (χ1) is 6.96. The lowest BCUT2D eigenvalue weighted by molar-refractivity contribution is 0.418. The number of aromatic nitrogens is 2. The number of hydrogen-bond donors (Lipinski definition) is 0. The molecule has 15 heavy (non-hydrogen) atoms. The van der Waals surface area contributed by atoms with Gasteiger partial charge in [-0.3, -0.25) is 0 Å². The van der Waals surface area contributed by atoms with E-state index in [4.69, 9.17) is 23.2 Å². The van der Waals surface area contributed by atoms with Crippen molar-refractivity contribution in [3.63, 3.8) is 0 Å². The van der Waals surface area contributed by atoms with Gasteiger partial charge in [-0.05, 0) is 23.4 Å². The van der Waals surface area contributed by atoms with Crippen molar-refractivity contribution >= 4 is 29.0 Å². The first-order valence-corrected chi connectivity index (χ1v) is 5.67. The fourth-order valence-corrected chi connectivity index (χ4v) is 2.25. The minimum atomic E-state index is 0.210. The molecule has 1 aliphatic heterocycles. The number of halogens is 2. The van der Waals surface area contributed by atoms with Crippen LogP contribution < -0.4 is 4.90 Å². The zero-order chi connectivity index (χ0) is 11.1. The SMILES string of the molecule is CC1(C)CCN(c2cc(Cl)nc(Cl)n2)C1. The molecule has 2 heterocycles. The van der Waals surface area contributed by atoms with Crippen LogP contribution in [0.25, 0.3) is 0 Å². The summed E-state index contributed by atoms with van der Waals surface area (Å²) < 4.78 is 0. The van der Waals surface area contributed by atoms with Crippen LogP contribution in [0.2, 0.25) is 10.4 Å². The molecule has 0 N–H and O–H groups in total. The monoisotopic (exact) mass is 245 g/mol. The highest BCUT2D eigenvalue weighted by atomic mass is 35.5. The number of nitrogens with zero attached hydrogens (tertiary/aromatic N) is 3. The lowest BCUT2D eigenvalue weighted by Gasteiger charge is -2.20. The van der Waals surface area contributed by atoms with E-state index in [9.17, 15) is 0 Å². The summed E-state index contributed by atoms with van der Waals surface area (Å²) in [5.74, 6) is 0.825. The van der Waals surface area contributed by atoms with E-state index in [1.54, 1.807) is 6.07 Å². The van der Waals surface area contributed by atoms with Crippen molar-refractivity contribution < 1.29 is 0 Å². The second kappa shape index (κ2) is 3.80. The first kappa shape index (κ1) is 11.0. The molecule has 0 aliphatic carbocycles. The summed E-state index contributed by atoms with van der Waals surface area (Å²) in [6.07, 6.45) is 1.16. The van der Waals surface area contributed by atoms with Crippen LogP contribution in [0.4, 0.5) is 5.82 Å². The molecule has 1 aromatic heterocycles.